The summed E-state index contributed by atoms with van der Waals surface area (Å²) in [7, 11) is 4.20. The number of rotatable bonds is 7. The molecule has 0 saturated carbocycles. The first-order valence-corrected chi connectivity index (χ1v) is 7.37. The summed E-state index contributed by atoms with van der Waals surface area (Å²) >= 11 is 0. The van der Waals surface area contributed by atoms with Crippen LogP contribution >= 0.6 is 0 Å². The molecule has 0 radical (unpaired) electrons. The summed E-state index contributed by atoms with van der Waals surface area (Å²) in [5.41, 5.74) is 0. The maximum atomic E-state index is 5.90. The normalized spacial score (nSPS) is 33.3. The molecule has 0 aliphatic carbocycles. The number of likely N-dealkylation sites (tertiary alicyclic amines) is 1. The fourth-order valence-electron chi connectivity index (χ4n) is 3.06. The van der Waals surface area contributed by atoms with Gasteiger partial charge < -0.3 is 19.7 Å². The van der Waals surface area contributed by atoms with Crippen molar-refractivity contribution in [3.63, 3.8) is 0 Å². The zero-order valence-electron chi connectivity index (χ0n) is 11.9. The Bertz CT molecular complexity index is 238. The van der Waals surface area contributed by atoms with Gasteiger partial charge in [-0.25, -0.2) is 0 Å². The van der Waals surface area contributed by atoms with E-state index in [1.165, 1.54) is 32.2 Å². The van der Waals surface area contributed by atoms with E-state index in [0.29, 0.717) is 12.2 Å². The van der Waals surface area contributed by atoms with E-state index < -0.39 is 0 Å². The second kappa shape index (κ2) is 7.43. The summed E-state index contributed by atoms with van der Waals surface area (Å²) in [6.07, 6.45) is 6.89. The average molecular weight is 256 g/mol. The summed E-state index contributed by atoms with van der Waals surface area (Å²) in [6.45, 7) is 3.87. The van der Waals surface area contributed by atoms with Gasteiger partial charge in [0.15, 0.2) is 0 Å². The van der Waals surface area contributed by atoms with E-state index in [1.54, 1.807) is 0 Å². The van der Waals surface area contributed by atoms with Crippen LogP contribution in [0.15, 0.2) is 0 Å². The lowest BCUT2D eigenvalue weighted by Gasteiger charge is -2.19. The smallest absolute Gasteiger partial charge is 0.0813 e. The minimum Gasteiger partial charge on any atom is -0.379 e. The van der Waals surface area contributed by atoms with Gasteiger partial charge in [-0.05, 0) is 52.7 Å². The van der Waals surface area contributed by atoms with Crippen LogP contribution < -0.4 is 5.32 Å². The highest BCUT2D eigenvalue weighted by molar-refractivity contribution is 4.77. The monoisotopic (exact) mass is 256 g/mol. The number of ether oxygens (including phenoxy) is 2. The molecule has 2 saturated heterocycles. The van der Waals surface area contributed by atoms with Crippen LogP contribution in [0, 0.1) is 0 Å². The first kappa shape index (κ1) is 14.3. The Balaban J connectivity index is 1.51. The Labute approximate surface area is 111 Å². The van der Waals surface area contributed by atoms with Gasteiger partial charge in [-0.3, -0.25) is 0 Å². The van der Waals surface area contributed by atoms with Gasteiger partial charge in [0.25, 0.3) is 0 Å². The molecular weight excluding hydrogens is 228 g/mol. The molecule has 2 heterocycles. The van der Waals surface area contributed by atoms with Gasteiger partial charge in [0.1, 0.15) is 0 Å². The minimum atomic E-state index is 0.324. The molecule has 2 aliphatic heterocycles. The molecule has 18 heavy (non-hydrogen) atoms. The predicted molar refractivity (Wildman–Crippen MR) is 72.9 cm³/mol. The van der Waals surface area contributed by atoms with Crippen LogP contribution in [-0.4, -0.2) is 63.5 Å². The van der Waals surface area contributed by atoms with Crippen molar-refractivity contribution >= 4 is 0 Å². The van der Waals surface area contributed by atoms with Crippen molar-refractivity contribution in [2.75, 3.05) is 40.4 Å². The molecule has 2 aliphatic rings. The third-order valence-corrected chi connectivity index (χ3v) is 4.20. The largest absolute Gasteiger partial charge is 0.379 e. The van der Waals surface area contributed by atoms with Gasteiger partial charge in [-0.15, -0.1) is 0 Å². The third kappa shape index (κ3) is 4.19. The Morgan fingerprint density at radius 3 is 2.83 bits per heavy atom. The molecule has 3 atom stereocenters. The number of nitrogens with one attached hydrogen (secondary N) is 1. The first-order valence-electron chi connectivity index (χ1n) is 7.37. The highest BCUT2D eigenvalue weighted by Crippen LogP contribution is 2.20. The van der Waals surface area contributed by atoms with Crippen molar-refractivity contribution in [2.24, 2.45) is 0 Å². The molecule has 0 amide bonds. The fourth-order valence-corrected chi connectivity index (χ4v) is 3.06. The second-order valence-corrected chi connectivity index (χ2v) is 5.66. The van der Waals surface area contributed by atoms with E-state index in [-0.39, 0.29) is 0 Å². The van der Waals surface area contributed by atoms with Crippen LogP contribution in [0.5, 0.6) is 0 Å². The summed E-state index contributed by atoms with van der Waals surface area (Å²) in [5.74, 6) is 0. The molecule has 106 valence electrons. The average Bonchev–Trinajstić information content (AvgIpc) is 2.95. The molecule has 4 heteroatoms. The molecule has 0 aromatic carbocycles. The van der Waals surface area contributed by atoms with Crippen LogP contribution in [0.1, 0.15) is 32.1 Å². The zero-order chi connectivity index (χ0) is 12.8. The summed E-state index contributed by atoms with van der Waals surface area (Å²) in [5, 5.41) is 3.17. The highest BCUT2D eigenvalue weighted by Gasteiger charge is 2.25. The van der Waals surface area contributed by atoms with Gasteiger partial charge in [-0.1, -0.05) is 0 Å². The molecule has 1 N–H and O–H groups in total. The number of hydrogen-bond acceptors (Lipinski definition) is 4. The van der Waals surface area contributed by atoms with Crippen molar-refractivity contribution in [1.29, 1.82) is 0 Å². The van der Waals surface area contributed by atoms with Gasteiger partial charge in [0.05, 0.1) is 18.8 Å². The van der Waals surface area contributed by atoms with Gasteiger partial charge in [-0.2, -0.15) is 0 Å². The molecule has 3 unspecified atom stereocenters. The molecule has 0 bridgehead atoms. The Hall–Kier alpha value is -0.160. The van der Waals surface area contributed by atoms with E-state index in [9.17, 15) is 0 Å². The Kier molecular flexibility index (Phi) is 5.89. The van der Waals surface area contributed by atoms with Crippen LogP contribution in [0.25, 0.3) is 0 Å². The lowest BCUT2D eigenvalue weighted by molar-refractivity contribution is -0.0165. The Morgan fingerprint density at radius 1 is 1.28 bits per heavy atom. The number of nitrogens with zero attached hydrogens (tertiary/aromatic N) is 1. The Morgan fingerprint density at radius 2 is 2.11 bits per heavy atom. The highest BCUT2D eigenvalue weighted by atomic mass is 16.5. The van der Waals surface area contributed by atoms with E-state index in [4.69, 9.17) is 9.47 Å². The third-order valence-electron chi connectivity index (χ3n) is 4.20. The minimum absolute atomic E-state index is 0.324. The molecule has 4 nitrogen and oxygen atoms in total. The number of likely N-dealkylation sites (N-methyl/N-ethyl adjacent to an activating group) is 1. The predicted octanol–water partition coefficient (Wildman–Crippen LogP) is 1.25. The maximum absolute atomic E-state index is 5.90. The van der Waals surface area contributed by atoms with E-state index in [0.717, 1.165) is 32.2 Å². The topological polar surface area (TPSA) is 33.7 Å². The SMILES string of the molecule is CNCC1CCC(COCCC2CCCN2C)O1. The molecule has 2 rings (SSSR count). The molecule has 2 fully saturated rings. The van der Waals surface area contributed by atoms with Crippen molar-refractivity contribution in [3.05, 3.63) is 0 Å². The van der Waals surface area contributed by atoms with E-state index >= 15 is 0 Å². The van der Waals surface area contributed by atoms with Crippen LogP contribution in [0.2, 0.25) is 0 Å². The molecule has 0 aromatic rings. The quantitative estimate of drug-likeness (QED) is 0.695. The summed E-state index contributed by atoms with van der Waals surface area (Å²) < 4.78 is 11.7. The lowest BCUT2D eigenvalue weighted by atomic mass is 10.1. The second-order valence-electron chi connectivity index (χ2n) is 5.66. The molecule has 0 aromatic heterocycles. The maximum Gasteiger partial charge on any atom is 0.0813 e. The fraction of sp³-hybridized carbons (Fsp3) is 1.00. The van der Waals surface area contributed by atoms with Crippen LogP contribution in [-0.2, 0) is 9.47 Å². The van der Waals surface area contributed by atoms with E-state index in [1.807, 2.05) is 7.05 Å². The lowest BCUT2D eigenvalue weighted by Crippen LogP contribution is -2.27. The first-order chi connectivity index (χ1) is 8.79. The van der Waals surface area contributed by atoms with Crippen molar-refractivity contribution in [3.8, 4) is 0 Å². The standard InChI is InChI=1S/C14H28N2O2/c1-15-10-13-5-6-14(18-13)11-17-9-7-12-4-3-8-16(12)2/h12-15H,3-11H2,1-2H3. The van der Waals surface area contributed by atoms with Gasteiger partial charge in [0.2, 0.25) is 0 Å². The van der Waals surface area contributed by atoms with Crippen molar-refractivity contribution < 1.29 is 9.47 Å². The van der Waals surface area contributed by atoms with Gasteiger partial charge in [0, 0.05) is 19.2 Å². The summed E-state index contributed by atoms with van der Waals surface area (Å²) in [6, 6.07) is 0.742. The van der Waals surface area contributed by atoms with Crippen LogP contribution in [0.3, 0.4) is 0 Å². The zero-order valence-corrected chi connectivity index (χ0v) is 11.9. The molecule has 0 spiro atoms. The van der Waals surface area contributed by atoms with Crippen molar-refractivity contribution in [2.45, 2.75) is 50.4 Å². The number of hydrogen-bond donors (Lipinski definition) is 1. The summed E-state index contributed by atoms with van der Waals surface area (Å²) in [4.78, 5) is 2.46. The molecular formula is C14H28N2O2. The van der Waals surface area contributed by atoms with Crippen LogP contribution in [0.4, 0.5) is 0 Å². The van der Waals surface area contributed by atoms with Crippen molar-refractivity contribution in [1.82, 2.24) is 10.2 Å². The van der Waals surface area contributed by atoms with E-state index in [2.05, 4.69) is 17.3 Å². The van der Waals surface area contributed by atoms with Gasteiger partial charge >= 0.3 is 0 Å².